The van der Waals surface area contributed by atoms with Crippen LogP contribution in [0.2, 0.25) is 0 Å². The van der Waals surface area contributed by atoms with E-state index in [1.165, 1.54) is 70.3 Å². The fourth-order valence-corrected chi connectivity index (χ4v) is 4.26. The van der Waals surface area contributed by atoms with Crippen LogP contribution in [0.3, 0.4) is 0 Å². The van der Waals surface area contributed by atoms with Crippen molar-refractivity contribution < 1.29 is 10.0 Å². The Kier molecular flexibility index (Phi) is 5.03. The number of benzene rings is 1. The molecule has 0 aliphatic heterocycles. The van der Waals surface area contributed by atoms with Crippen LogP contribution in [0.15, 0.2) is 18.2 Å². The van der Waals surface area contributed by atoms with Crippen LogP contribution < -0.4 is 4.90 Å². The largest absolute Gasteiger partial charge is 0.502 e. The first-order chi connectivity index (χ1) is 11.2. The average molecular weight is 318 g/mol. The summed E-state index contributed by atoms with van der Waals surface area (Å²) in [6.45, 7) is 0. The van der Waals surface area contributed by atoms with Crippen molar-refractivity contribution in [3.05, 3.63) is 28.3 Å². The van der Waals surface area contributed by atoms with E-state index in [1.54, 1.807) is 6.07 Å². The van der Waals surface area contributed by atoms with Crippen LogP contribution >= 0.6 is 0 Å². The molecule has 0 aromatic heterocycles. The third-order valence-corrected chi connectivity index (χ3v) is 5.39. The van der Waals surface area contributed by atoms with E-state index in [9.17, 15) is 15.2 Å². The molecular weight excluding hydrogens is 292 g/mol. The lowest BCUT2D eigenvalue weighted by Crippen LogP contribution is -2.45. The number of phenolic OH excluding ortho intramolecular Hbond substituents is 1. The molecule has 0 spiro atoms. The summed E-state index contributed by atoms with van der Waals surface area (Å²) in [6, 6.07) is 5.86. The van der Waals surface area contributed by atoms with Crippen molar-refractivity contribution >= 4 is 11.4 Å². The Morgan fingerprint density at radius 1 is 0.957 bits per heavy atom. The summed E-state index contributed by atoms with van der Waals surface area (Å²) in [5, 5.41) is 20.9. The van der Waals surface area contributed by atoms with Gasteiger partial charge in [-0.15, -0.1) is 0 Å². The summed E-state index contributed by atoms with van der Waals surface area (Å²) >= 11 is 0. The van der Waals surface area contributed by atoms with E-state index in [0.29, 0.717) is 12.1 Å². The Balaban J connectivity index is 1.93. The maximum Gasteiger partial charge on any atom is 0.312 e. The number of rotatable bonds is 4. The highest BCUT2D eigenvalue weighted by atomic mass is 16.6. The molecule has 2 fully saturated rings. The molecule has 1 N–H and O–H groups in total. The number of nitro groups is 1. The minimum Gasteiger partial charge on any atom is -0.502 e. The van der Waals surface area contributed by atoms with Crippen LogP contribution in [0, 0.1) is 10.1 Å². The van der Waals surface area contributed by atoms with E-state index < -0.39 is 4.92 Å². The second-order valence-electron chi connectivity index (χ2n) is 6.92. The molecule has 0 amide bonds. The summed E-state index contributed by atoms with van der Waals surface area (Å²) in [5.41, 5.74) is 0.729. The number of nitrogens with zero attached hydrogens (tertiary/aromatic N) is 2. The van der Waals surface area contributed by atoms with Crippen LogP contribution in [0.5, 0.6) is 5.75 Å². The molecule has 23 heavy (non-hydrogen) atoms. The van der Waals surface area contributed by atoms with Crippen LogP contribution in [-0.4, -0.2) is 22.1 Å². The predicted molar refractivity (Wildman–Crippen MR) is 91.0 cm³/mol. The van der Waals surface area contributed by atoms with Gasteiger partial charge in [-0.25, -0.2) is 0 Å². The fraction of sp³-hybridized carbons (Fsp3) is 0.667. The molecule has 0 heterocycles. The molecule has 0 radical (unpaired) electrons. The van der Waals surface area contributed by atoms with Crippen LogP contribution in [0.4, 0.5) is 11.4 Å². The normalized spacial score (nSPS) is 20.3. The third kappa shape index (κ3) is 3.59. The van der Waals surface area contributed by atoms with Gasteiger partial charge in [-0.3, -0.25) is 10.1 Å². The minimum absolute atomic E-state index is 0.181. The summed E-state index contributed by atoms with van der Waals surface area (Å²) in [4.78, 5) is 13.1. The van der Waals surface area contributed by atoms with E-state index in [2.05, 4.69) is 4.90 Å². The third-order valence-electron chi connectivity index (χ3n) is 5.39. The number of nitro benzene ring substituents is 1. The van der Waals surface area contributed by atoms with Crippen molar-refractivity contribution in [1.29, 1.82) is 0 Å². The lowest BCUT2D eigenvalue weighted by atomic mass is 9.88. The number of hydrogen-bond donors (Lipinski definition) is 1. The van der Waals surface area contributed by atoms with Crippen molar-refractivity contribution in [3.8, 4) is 5.75 Å². The zero-order chi connectivity index (χ0) is 16.2. The van der Waals surface area contributed by atoms with Gasteiger partial charge in [-0.1, -0.05) is 38.5 Å². The molecule has 1 aromatic rings. The summed E-state index contributed by atoms with van der Waals surface area (Å²) < 4.78 is 0. The van der Waals surface area contributed by atoms with Gasteiger partial charge in [0.25, 0.3) is 0 Å². The number of hydrogen-bond acceptors (Lipinski definition) is 4. The summed E-state index contributed by atoms with van der Waals surface area (Å²) in [6.07, 6.45) is 12.3. The second kappa shape index (κ2) is 7.20. The van der Waals surface area contributed by atoms with Gasteiger partial charge in [0.2, 0.25) is 0 Å². The van der Waals surface area contributed by atoms with Gasteiger partial charge in [0.05, 0.1) is 4.92 Å². The topological polar surface area (TPSA) is 66.6 Å². The molecule has 3 rings (SSSR count). The molecule has 0 bridgehead atoms. The Labute approximate surface area is 137 Å². The number of phenols is 1. The van der Waals surface area contributed by atoms with Gasteiger partial charge >= 0.3 is 5.69 Å². The van der Waals surface area contributed by atoms with Crippen molar-refractivity contribution in [3.63, 3.8) is 0 Å². The molecule has 0 atom stereocenters. The molecule has 5 heteroatoms. The molecule has 0 saturated heterocycles. The van der Waals surface area contributed by atoms with E-state index in [-0.39, 0.29) is 11.4 Å². The van der Waals surface area contributed by atoms with Crippen LogP contribution in [-0.2, 0) is 0 Å². The average Bonchev–Trinajstić information content (AvgIpc) is 2.58. The first-order valence-electron chi connectivity index (χ1n) is 8.92. The van der Waals surface area contributed by atoms with Gasteiger partial charge in [-0.2, -0.15) is 0 Å². The number of aromatic hydroxyl groups is 1. The molecule has 126 valence electrons. The second-order valence-corrected chi connectivity index (χ2v) is 6.92. The molecule has 0 unspecified atom stereocenters. The van der Waals surface area contributed by atoms with Crippen molar-refractivity contribution in [2.45, 2.75) is 76.3 Å². The maximum absolute atomic E-state index is 11.2. The Bertz CT molecular complexity index is 531. The Morgan fingerprint density at radius 2 is 1.48 bits per heavy atom. The highest BCUT2D eigenvalue weighted by molar-refractivity contribution is 5.60. The van der Waals surface area contributed by atoms with Crippen LogP contribution in [0.25, 0.3) is 0 Å². The van der Waals surface area contributed by atoms with Gasteiger partial charge in [0.15, 0.2) is 5.75 Å². The standard InChI is InChI=1S/C18H26N2O3/c21-18-12-11-16(13-17(18)20(22)23)19(14-7-3-1-4-8-14)15-9-5-2-6-10-15/h11-15,21H,1-10H2. The molecule has 2 saturated carbocycles. The predicted octanol–water partition coefficient (Wildman–Crippen LogP) is 4.77. The molecular formula is C18H26N2O3. The Morgan fingerprint density at radius 3 is 1.96 bits per heavy atom. The first-order valence-corrected chi connectivity index (χ1v) is 8.92. The zero-order valence-corrected chi connectivity index (χ0v) is 13.6. The summed E-state index contributed by atoms with van der Waals surface area (Å²) in [5.74, 6) is -0.244. The van der Waals surface area contributed by atoms with E-state index >= 15 is 0 Å². The highest BCUT2D eigenvalue weighted by Gasteiger charge is 2.30. The maximum atomic E-state index is 11.2. The smallest absolute Gasteiger partial charge is 0.312 e. The van der Waals surface area contributed by atoms with Gasteiger partial charge in [0, 0.05) is 23.8 Å². The summed E-state index contributed by atoms with van der Waals surface area (Å²) in [7, 11) is 0. The molecule has 2 aliphatic carbocycles. The van der Waals surface area contributed by atoms with Gasteiger partial charge in [0.1, 0.15) is 0 Å². The first kappa shape index (κ1) is 16.1. The van der Waals surface area contributed by atoms with E-state index in [0.717, 1.165) is 5.69 Å². The van der Waals surface area contributed by atoms with Crippen molar-refractivity contribution in [2.75, 3.05) is 4.90 Å². The van der Waals surface area contributed by atoms with Crippen molar-refractivity contribution in [2.24, 2.45) is 0 Å². The SMILES string of the molecule is O=[N+]([O-])c1cc(N(C2CCCCC2)C2CCCCC2)ccc1O. The Hall–Kier alpha value is -1.78. The fourth-order valence-electron chi connectivity index (χ4n) is 4.26. The lowest BCUT2D eigenvalue weighted by molar-refractivity contribution is -0.385. The quantitative estimate of drug-likeness (QED) is 0.641. The highest BCUT2D eigenvalue weighted by Crippen LogP contribution is 2.37. The molecule has 2 aliphatic rings. The minimum atomic E-state index is -0.487. The van der Waals surface area contributed by atoms with Crippen molar-refractivity contribution in [1.82, 2.24) is 0 Å². The number of anilines is 1. The zero-order valence-electron chi connectivity index (χ0n) is 13.6. The lowest BCUT2D eigenvalue weighted by Gasteiger charge is -2.43. The van der Waals surface area contributed by atoms with Crippen LogP contribution in [0.1, 0.15) is 64.2 Å². The van der Waals surface area contributed by atoms with E-state index in [4.69, 9.17) is 0 Å². The van der Waals surface area contributed by atoms with E-state index in [1.807, 2.05) is 6.07 Å². The molecule has 1 aromatic carbocycles. The molecule has 5 nitrogen and oxygen atoms in total. The monoisotopic (exact) mass is 318 g/mol. The van der Waals surface area contributed by atoms with Gasteiger partial charge in [-0.05, 0) is 37.8 Å². The van der Waals surface area contributed by atoms with Gasteiger partial charge < -0.3 is 10.0 Å².